The zero-order valence-corrected chi connectivity index (χ0v) is 14.4. The van der Waals surface area contributed by atoms with Crippen LogP contribution in [0.5, 0.6) is 11.5 Å². The lowest BCUT2D eigenvalue weighted by molar-refractivity contribution is 0.289. The predicted molar refractivity (Wildman–Crippen MR) is 96.4 cm³/mol. The molecule has 0 radical (unpaired) electrons. The molecule has 0 N–H and O–H groups in total. The van der Waals surface area contributed by atoms with Crippen molar-refractivity contribution < 1.29 is 9.47 Å². The van der Waals surface area contributed by atoms with Crippen molar-refractivity contribution in [3.63, 3.8) is 0 Å². The summed E-state index contributed by atoms with van der Waals surface area (Å²) in [7, 11) is 1.64. The van der Waals surface area contributed by atoms with E-state index in [4.69, 9.17) is 14.6 Å². The van der Waals surface area contributed by atoms with Gasteiger partial charge < -0.3 is 9.47 Å². The average molecular weight is 352 g/mol. The number of rotatable bonds is 5. The first kappa shape index (κ1) is 15.7. The van der Waals surface area contributed by atoms with Crippen LogP contribution in [0.3, 0.4) is 0 Å². The number of benzene rings is 2. The number of thioether (sulfide) groups is 1. The van der Waals surface area contributed by atoms with Gasteiger partial charge in [-0.2, -0.15) is 9.78 Å². The molecule has 1 aromatic heterocycles. The Balaban J connectivity index is 1.53. The predicted octanol–water partition coefficient (Wildman–Crippen LogP) is 3.22. The molecule has 1 aliphatic heterocycles. The molecular formula is C18H16N4O2S. The number of aromatic nitrogens is 3. The van der Waals surface area contributed by atoms with Crippen molar-refractivity contribution in [2.24, 2.45) is 5.10 Å². The summed E-state index contributed by atoms with van der Waals surface area (Å²) >= 11 is 1.63. The highest BCUT2D eigenvalue weighted by Crippen LogP contribution is 2.25. The van der Waals surface area contributed by atoms with Crippen molar-refractivity contribution in [2.75, 3.05) is 12.9 Å². The molecule has 0 atom stereocenters. The van der Waals surface area contributed by atoms with E-state index in [1.165, 1.54) is 0 Å². The van der Waals surface area contributed by atoms with Gasteiger partial charge in [0.25, 0.3) is 0 Å². The van der Waals surface area contributed by atoms with Crippen molar-refractivity contribution in [3.05, 3.63) is 66.0 Å². The van der Waals surface area contributed by atoms with Crippen LogP contribution in [0.4, 0.5) is 0 Å². The normalized spacial score (nSPS) is 13.1. The zero-order valence-electron chi connectivity index (χ0n) is 13.6. The smallest absolute Gasteiger partial charge is 0.212 e. The fourth-order valence-corrected chi connectivity index (χ4v) is 3.31. The van der Waals surface area contributed by atoms with Gasteiger partial charge in [0.1, 0.15) is 18.1 Å². The van der Waals surface area contributed by atoms with Gasteiger partial charge in [-0.15, -0.1) is 10.2 Å². The topological polar surface area (TPSA) is 61.5 Å². The van der Waals surface area contributed by atoms with Gasteiger partial charge in [0, 0.05) is 5.75 Å². The Hall–Kier alpha value is -2.80. The summed E-state index contributed by atoms with van der Waals surface area (Å²) in [4.78, 5) is 0. The Morgan fingerprint density at radius 3 is 2.52 bits per heavy atom. The third-order valence-electron chi connectivity index (χ3n) is 3.77. The quantitative estimate of drug-likeness (QED) is 0.705. The number of fused-ring (bicyclic) bond motifs is 1. The standard InChI is InChI=1S/C18H16N4O2S/c1-23-14-7-9-15(10-8-14)24-11-17-19-20-18-22(17)21-16(12-25-18)13-5-3-2-4-6-13/h2-10H,11-12H2,1H3. The summed E-state index contributed by atoms with van der Waals surface area (Å²) in [6, 6.07) is 17.6. The monoisotopic (exact) mass is 352 g/mol. The van der Waals surface area contributed by atoms with E-state index >= 15 is 0 Å². The summed E-state index contributed by atoms with van der Waals surface area (Å²) in [5, 5.41) is 13.9. The van der Waals surface area contributed by atoms with Gasteiger partial charge in [-0.1, -0.05) is 42.1 Å². The van der Waals surface area contributed by atoms with Crippen LogP contribution in [0.2, 0.25) is 0 Å². The number of hydrogen-bond acceptors (Lipinski definition) is 6. The Kier molecular flexibility index (Phi) is 4.39. The van der Waals surface area contributed by atoms with Crippen LogP contribution in [0.1, 0.15) is 11.4 Å². The van der Waals surface area contributed by atoms with Crippen LogP contribution in [0.15, 0.2) is 64.9 Å². The van der Waals surface area contributed by atoms with E-state index in [9.17, 15) is 0 Å². The van der Waals surface area contributed by atoms with Crippen molar-refractivity contribution in [1.82, 2.24) is 14.9 Å². The molecule has 2 heterocycles. The maximum atomic E-state index is 5.80. The minimum Gasteiger partial charge on any atom is -0.497 e. The van der Waals surface area contributed by atoms with Crippen LogP contribution in [-0.2, 0) is 6.61 Å². The largest absolute Gasteiger partial charge is 0.497 e. The van der Waals surface area contributed by atoms with E-state index in [-0.39, 0.29) is 0 Å². The van der Waals surface area contributed by atoms with Crippen LogP contribution in [0.25, 0.3) is 0 Å². The van der Waals surface area contributed by atoms with Gasteiger partial charge in [0.2, 0.25) is 5.16 Å². The molecule has 0 saturated heterocycles. The molecule has 6 nitrogen and oxygen atoms in total. The van der Waals surface area contributed by atoms with Crippen molar-refractivity contribution >= 4 is 17.5 Å². The molecule has 0 aliphatic carbocycles. The Morgan fingerprint density at radius 1 is 1.00 bits per heavy atom. The highest BCUT2D eigenvalue weighted by atomic mass is 32.2. The minimum absolute atomic E-state index is 0.297. The molecule has 0 bridgehead atoms. The summed E-state index contributed by atoms with van der Waals surface area (Å²) in [6.45, 7) is 0.297. The molecule has 126 valence electrons. The molecule has 1 aliphatic rings. The summed E-state index contributed by atoms with van der Waals surface area (Å²) in [6.07, 6.45) is 0. The number of methoxy groups -OCH3 is 1. The van der Waals surface area contributed by atoms with Gasteiger partial charge in [-0.3, -0.25) is 0 Å². The lowest BCUT2D eigenvalue weighted by atomic mass is 10.1. The molecule has 0 unspecified atom stereocenters. The molecule has 0 amide bonds. The van der Waals surface area contributed by atoms with E-state index in [2.05, 4.69) is 22.3 Å². The second-order valence-corrected chi connectivity index (χ2v) is 6.32. The van der Waals surface area contributed by atoms with E-state index < -0.39 is 0 Å². The Labute approximate surface area is 149 Å². The van der Waals surface area contributed by atoms with E-state index in [0.29, 0.717) is 12.4 Å². The number of ether oxygens (including phenoxy) is 2. The molecule has 0 saturated carbocycles. The summed E-state index contributed by atoms with van der Waals surface area (Å²) in [5.41, 5.74) is 2.11. The highest BCUT2D eigenvalue weighted by molar-refractivity contribution is 7.99. The molecule has 25 heavy (non-hydrogen) atoms. The van der Waals surface area contributed by atoms with Crippen molar-refractivity contribution in [2.45, 2.75) is 11.8 Å². The number of hydrogen-bond donors (Lipinski definition) is 0. The molecule has 0 fully saturated rings. The zero-order chi connectivity index (χ0) is 17.1. The Morgan fingerprint density at radius 2 is 1.76 bits per heavy atom. The van der Waals surface area contributed by atoms with Crippen LogP contribution < -0.4 is 9.47 Å². The first-order valence-corrected chi connectivity index (χ1v) is 8.79. The minimum atomic E-state index is 0.297. The third-order valence-corrected chi connectivity index (χ3v) is 4.70. The SMILES string of the molecule is COc1ccc(OCc2nnc3n2N=C(c2ccccc2)CS3)cc1. The fraction of sp³-hybridized carbons (Fsp3) is 0.167. The summed E-state index contributed by atoms with van der Waals surface area (Å²) < 4.78 is 12.7. The second kappa shape index (κ2) is 6.98. The first-order valence-electron chi connectivity index (χ1n) is 7.81. The van der Waals surface area contributed by atoms with E-state index in [0.717, 1.165) is 33.7 Å². The van der Waals surface area contributed by atoms with Gasteiger partial charge in [-0.25, -0.2) is 0 Å². The maximum absolute atomic E-state index is 5.80. The molecule has 3 aromatic rings. The van der Waals surface area contributed by atoms with Crippen LogP contribution in [-0.4, -0.2) is 33.4 Å². The third kappa shape index (κ3) is 3.36. The van der Waals surface area contributed by atoms with E-state index in [1.54, 1.807) is 23.5 Å². The Bertz CT molecular complexity index is 891. The molecule has 7 heteroatoms. The maximum Gasteiger partial charge on any atom is 0.212 e. The van der Waals surface area contributed by atoms with Crippen LogP contribution in [0, 0.1) is 0 Å². The number of nitrogens with zero attached hydrogens (tertiary/aromatic N) is 4. The summed E-state index contributed by atoms with van der Waals surface area (Å²) in [5.74, 6) is 2.99. The molecular weight excluding hydrogens is 336 g/mol. The highest BCUT2D eigenvalue weighted by Gasteiger charge is 2.20. The second-order valence-electron chi connectivity index (χ2n) is 5.38. The molecule has 2 aromatic carbocycles. The van der Waals surface area contributed by atoms with Crippen LogP contribution >= 0.6 is 11.8 Å². The lowest BCUT2D eigenvalue weighted by Gasteiger charge is -2.14. The van der Waals surface area contributed by atoms with Gasteiger partial charge in [0.15, 0.2) is 5.82 Å². The van der Waals surface area contributed by atoms with Gasteiger partial charge in [-0.05, 0) is 29.8 Å². The van der Waals surface area contributed by atoms with Crippen molar-refractivity contribution in [3.8, 4) is 11.5 Å². The molecule has 0 spiro atoms. The average Bonchev–Trinajstić information content (AvgIpc) is 3.10. The van der Waals surface area contributed by atoms with Gasteiger partial charge in [0.05, 0.1) is 12.8 Å². The van der Waals surface area contributed by atoms with Gasteiger partial charge >= 0.3 is 0 Å². The van der Waals surface area contributed by atoms with E-state index in [1.807, 2.05) is 42.5 Å². The van der Waals surface area contributed by atoms with Crippen molar-refractivity contribution in [1.29, 1.82) is 0 Å². The molecule has 4 rings (SSSR count). The fourth-order valence-electron chi connectivity index (χ4n) is 2.45. The lowest BCUT2D eigenvalue weighted by Crippen LogP contribution is -2.15. The first-order chi connectivity index (χ1) is 12.3.